The lowest BCUT2D eigenvalue weighted by atomic mass is 9.87. The monoisotopic (exact) mass is 267 g/mol. The van der Waals surface area contributed by atoms with Crippen molar-refractivity contribution in [1.82, 2.24) is 10.3 Å². The SMILES string of the molecule is NCCCCC1=C(c2cccnc2)NC2C=CC=CC12. The second-order valence-electron chi connectivity index (χ2n) is 5.35. The number of pyridine rings is 1. The van der Waals surface area contributed by atoms with Crippen LogP contribution in [0.25, 0.3) is 5.70 Å². The van der Waals surface area contributed by atoms with Gasteiger partial charge in [0.2, 0.25) is 0 Å². The quantitative estimate of drug-likeness (QED) is 0.806. The molecule has 20 heavy (non-hydrogen) atoms. The number of aromatic nitrogens is 1. The molecule has 3 rings (SSSR count). The summed E-state index contributed by atoms with van der Waals surface area (Å²) in [5.74, 6) is 0.480. The van der Waals surface area contributed by atoms with Gasteiger partial charge < -0.3 is 11.1 Å². The Balaban J connectivity index is 1.90. The number of nitrogens with two attached hydrogens (primary N) is 1. The molecule has 2 atom stereocenters. The Morgan fingerprint density at radius 2 is 2.10 bits per heavy atom. The van der Waals surface area contributed by atoms with Crippen LogP contribution >= 0.6 is 0 Å². The molecule has 0 aromatic carbocycles. The third-order valence-corrected chi connectivity index (χ3v) is 4.02. The van der Waals surface area contributed by atoms with Crippen molar-refractivity contribution >= 4 is 5.70 Å². The van der Waals surface area contributed by atoms with Crippen molar-refractivity contribution in [3.8, 4) is 0 Å². The van der Waals surface area contributed by atoms with Crippen LogP contribution in [0.5, 0.6) is 0 Å². The maximum Gasteiger partial charge on any atom is 0.0548 e. The van der Waals surface area contributed by atoms with Crippen molar-refractivity contribution in [2.24, 2.45) is 11.7 Å². The average molecular weight is 267 g/mol. The van der Waals surface area contributed by atoms with Gasteiger partial charge in [-0.2, -0.15) is 0 Å². The van der Waals surface area contributed by atoms with Crippen molar-refractivity contribution in [2.45, 2.75) is 25.3 Å². The third kappa shape index (κ3) is 2.54. The van der Waals surface area contributed by atoms with E-state index >= 15 is 0 Å². The maximum absolute atomic E-state index is 5.62. The molecule has 3 heteroatoms. The number of fused-ring (bicyclic) bond motifs is 1. The van der Waals surface area contributed by atoms with E-state index in [2.05, 4.69) is 40.7 Å². The smallest absolute Gasteiger partial charge is 0.0548 e. The van der Waals surface area contributed by atoms with Gasteiger partial charge in [-0.1, -0.05) is 24.3 Å². The zero-order chi connectivity index (χ0) is 13.8. The van der Waals surface area contributed by atoms with E-state index in [0.29, 0.717) is 12.0 Å². The minimum absolute atomic E-state index is 0.392. The molecule has 1 aliphatic carbocycles. The van der Waals surface area contributed by atoms with Gasteiger partial charge in [-0.3, -0.25) is 4.98 Å². The summed E-state index contributed by atoms with van der Waals surface area (Å²) in [7, 11) is 0. The Morgan fingerprint density at radius 3 is 2.90 bits per heavy atom. The van der Waals surface area contributed by atoms with Gasteiger partial charge in [0, 0.05) is 29.6 Å². The van der Waals surface area contributed by atoms with Crippen molar-refractivity contribution in [3.05, 3.63) is 60.0 Å². The lowest BCUT2D eigenvalue weighted by Gasteiger charge is -2.18. The first kappa shape index (κ1) is 13.1. The fraction of sp³-hybridized carbons (Fsp3) is 0.353. The molecule has 1 aliphatic heterocycles. The molecular formula is C17H21N3. The van der Waals surface area contributed by atoms with E-state index in [1.54, 1.807) is 0 Å². The van der Waals surface area contributed by atoms with Crippen LogP contribution in [0.1, 0.15) is 24.8 Å². The van der Waals surface area contributed by atoms with E-state index in [1.165, 1.54) is 16.8 Å². The first-order valence-electron chi connectivity index (χ1n) is 7.35. The zero-order valence-electron chi connectivity index (χ0n) is 11.6. The summed E-state index contributed by atoms with van der Waals surface area (Å²) in [6.07, 6.45) is 15.9. The summed E-state index contributed by atoms with van der Waals surface area (Å²) in [6.45, 7) is 0.771. The topological polar surface area (TPSA) is 50.9 Å². The Labute approximate surface area is 120 Å². The summed E-state index contributed by atoms with van der Waals surface area (Å²) < 4.78 is 0. The van der Waals surface area contributed by atoms with Gasteiger partial charge in [0.05, 0.1) is 6.04 Å². The molecule has 0 amide bonds. The number of hydrogen-bond donors (Lipinski definition) is 2. The first-order chi connectivity index (χ1) is 9.90. The molecule has 3 N–H and O–H groups in total. The van der Waals surface area contributed by atoms with Crippen molar-refractivity contribution in [2.75, 3.05) is 6.54 Å². The van der Waals surface area contributed by atoms with Gasteiger partial charge in [0.25, 0.3) is 0 Å². The minimum Gasteiger partial charge on any atom is -0.377 e. The van der Waals surface area contributed by atoms with Gasteiger partial charge in [-0.25, -0.2) is 0 Å². The fourth-order valence-electron chi connectivity index (χ4n) is 3.03. The summed E-state index contributed by atoms with van der Waals surface area (Å²) in [4.78, 5) is 4.25. The lowest BCUT2D eigenvalue weighted by Crippen LogP contribution is -2.26. The summed E-state index contributed by atoms with van der Waals surface area (Å²) in [6, 6.07) is 4.51. The maximum atomic E-state index is 5.62. The summed E-state index contributed by atoms with van der Waals surface area (Å²) >= 11 is 0. The normalized spacial score (nSPS) is 23.9. The highest BCUT2D eigenvalue weighted by Crippen LogP contribution is 2.37. The zero-order valence-corrected chi connectivity index (χ0v) is 11.6. The van der Waals surface area contributed by atoms with E-state index in [-0.39, 0.29) is 0 Å². The number of hydrogen-bond acceptors (Lipinski definition) is 3. The molecule has 0 spiro atoms. The molecule has 2 heterocycles. The fourth-order valence-corrected chi connectivity index (χ4v) is 3.03. The van der Waals surface area contributed by atoms with E-state index in [4.69, 9.17) is 5.73 Å². The van der Waals surface area contributed by atoms with Crippen LogP contribution in [0.4, 0.5) is 0 Å². The van der Waals surface area contributed by atoms with Crippen LogP contribution in [0, 0.1) is 5.92 Å². The molecule has 0 bridgehead atoms. The van der Waals surface area contributed by atoms with Crippen LogP contribution in [-0.2, 0) is 0 Å². The van der Waals surface area contributed by atoms with Gasteiger partial charge in [-0.05, 0) is 43.5 Å². The molecule has 1 aromatic heterocycles. The van der Waals surface area contributed by atoms with Gasteiger partial charge in [0.1, 0.15) is 0 Å². The number of unbranched alkanes of at least 4 members (excludes halogenated alkanes) is 1. The number of nitrogens with zero attached hydrogens (tertiary/aromatic N) is 1. The van der Waals surface area contributed by atoms with Gasteiger partial charge in [0.15, 0.2) is 0 Å². The van der Waals surface area contributed by atoms with Crippen LogP contribution in [0.3, 0.4) is 0 Å². The summed E-state index contributed by atoms with van der Waals surface area (Å²) in [5, 5.41) is 3.66. The molecule has 3 nitrogen and oxygen atoms in total. The Kier molecular flexibility index (Phi) is 3.97. The second kappa shape index (κ2) is 6.06. The molecule has 0 saturated carbocycles. The largest absolute Gasteiger partial charge is 0.377 e. The minimum atomic E-state index is 0.392. The lowest BCUT2D eigenvalue weighted by molar-refractivity contribution is 0.607. The van der Waals surface area contributed by atoms with E-state index in [0.717, 1.165) is 25.8 Å². The standard InChI is InChI=1S/C17H21N3/c18-10-4-3-8-15-14-7-1-2-9-16(14)20-17(15)13-6-5-11-19-12-13/h1-2,5-7,9,11-12,14,16,20H,3-4,8,10,18H2. The van der Waals surface area contributed by atoms with Crippen LogP contribution in [-0.4, -0.2) is 17.6 Å². The predicted octanol–water partition coefficient (Wildman–Crippen LogP) is 2.64. The Hall–Kier alpha value is -1.87. The molecule has 0 radical (unpaired) electrons. The van der Waals surface area contributed by atoms with Crippen molar-refractivity contribution in [1.29, 1.82) is 0 Å². The molecule has 104 valence electrons. The molecule has 0 saturated heterocycles. The van der Waals surface area contributed by atoms with Gasteiger partial charge >= 0.3 is 0 Å². The third-order valence-electron chi connectivity index (χ3n) is 4.02. The van der Waals surface area contributed by atoms with Crippen LogP contribution in [0.2, 0.25) is 0 Å². The Bertz CT molecular complexity index is 543. The molecular weight excluding hydrogens is 246 g/mol. The highest BCUT2D eigenvalue weighted by Gasteiger charge is 2.32. The highest BCUT2D eigenvalue weighted by atomic mass is 15.0. The Morgan fingerprint density at radius 1 is 1.20 bits per heavy atom. The molecule has 2 aliphatic rings. The summed E-state index contributed by atoms with van der Waals surface area (Å²) in [5.41, 5.74) is 9.57. The average Bonchev–Trinajstić information content (AvgIpc) is 2.87. The number of allylic oxidation sites excluding steroid dienone is 2. The van der Waals surface area contributed by atoms with Crippen molar-refractivity contribution in [3.63, 3.8) is 0 Å². The van der Waals surface area contributed by atoms with Gasteiger partial charge in [-0.15, -0.1) is 0 Å². The highest BCUT2D eigenvalue weighted by molar-refractivity contribution is 5.71. The predicted molar refractivity (Wildman–Crippen MR) is 82.8 cm³/mol. The van der Waals surface area contributed by atoms with Crippen LogP contribution in [0.15, 0.2) is 54.4 Å². The number of nitrogens with one attached hydrogen (secondary N) is 1. The van der Waals surface area contributed by atoms with E-state index in [9.17, 15) is 0 Å². The number of rotatable bonds is 5. The molecule has 0 fully saturated rings. The van der Waals surface area contributed by atoms with Crippen molar-refractivity contribution < 1.29 is 0 Å². The van der Waals surface area contributed by atoms with E-state index < -0.39 is 0 Å². The van der Waals surface area contributed by atoms with Crippen LogP contribution < -0.4 is 11.1 Å². The molecule has 2 unspecified atom stereocenters. The second-order valence-corrected chi connectivity index (χ2v) is 5.35. The first-order valence-corrected chi connectivity index (χ1v) is 7.35. The van der Waals surface area contributed by atoms with E-state index in [1.807, 2.05) is 18.5 Å². The molecule has 1 aromatic rings.